The van der Waals surface area contributed by atoms with Gasteiger partial charge < -0.3 is 16.0 Å². The van der Waals surface area contributed by atoms with Gasteiger partial charge in [-0.15, -0.1) is 0 Å². The van der Waals surface area contributed by atoms with Crippen LogP contribution >= 0.6 is 11.6 Å². The molecule has 0 aliphatic carbocycles. The van der Waals surface area contributed by atoms with E-state index in [0.29, 0.717) is 29.6 Å². The van der Waals surface area contributed by atoms with Gasteiger partial charge in [-0.1, -0.05) is 62.6 Å². The molecule has 3 amide bonds. The molecule has 0 saturated heterocycles. The van der Waals surface area contributed by atoms with E-state index < -0.39 is 0 Å². The summed E-state index contributed by atoms with van der Waals surface area (Å²) in [5.74, 6) is 0.380. The highest BCUT2D eigenvalue weighted by atomic mass is 35.5. The average molecular weight is 388 g/mol. The topological polar surface area (TPSA) is 70.2 Å². The summed E-state index contributed by atoms with van der Waals surface area (Å²) in [6, 6.07) is 14.2. The molecule has 27 heavy (non-hydrogen) atoms. The summed E-state index contributed by atoms with van der Waals surface area (Å²) >= 11 is 6.03. The van der Waals surface area contributed by atoms with Crippen LogP contribution < -0.4 is 16.0 Å². The molecule has 0 spiro atoms. The number of hydrogen-bond acceptors (Lipinski definition) is 2. The van der Waals surface area contributed by atoms with Gasteiger partial charge in [0, 0.05) is 18.7 Å². The zero-order valence-electron chi connectivity index (χ0n) is 15.7. The van der Waals surface area contributed by atoms with Crippen LogP contribution in [0.3, 0.4) is 0 Å². The number of rotatable bonds is 8. The molecule has 0 radical (unpaired) electrons. The molecule has 144 valence electrons. The molecule has 0 heterocycles. The normalized spacial score (nSPS) is 11.5. The van der Waals surface area contributed by atoms with Gasteiger partial charge in [0.25, 0.3) is 0 Å². The Morgan fingerprint density at radius 1 is 1.07 bits per heavy atom. The molecule has 2 aromatic carbocycles. The van der Waals surface area contributed by atoms with Gasteiger partial charge in [0.15, 0.2) is 0 Å². The van der Waals surface area contributed by atoms with Gasteiger partial charge in [0.05, 0.1) is 10.7 Å². The van der Waals surface area contributed by atoms with Crippen LogP contribution in [0.25, 0.3) is 0 Å². The maximum Gasteiger partial charge on any atom is 0.319 e. The summed E-state index contributed by atoms with van der Waals surface area (Å²) < 4.78 is 0. The quantitative estimate of drug-likeness (QED) is 0.565. The van der Waals surface area contributed by atoms with E-state index in [2.05, 4.69) is 29.8 Å². The highest BCUT2D eigenvalue weighted by molar-refractivity contribution is 6.33. The summed E-state index contributed by atoms with van der Waals surface area (Å²) in [6.07, 6.45) is 2.63. The highest BCUT2D eigenvalue weighted by Crippen LogP contribution is 2.20. The van der Waals surface area contributed by atoms with Crippen molar-refractivity contribution in [2.24, 2.45) is 5.92 Å². The third-order valence-corrected chi connectivity index (χ3v) is 4.43. The molecule has 1 unspecified atom stereocenters. The number of carbonyl (C=O) groups excluding carboxylic acids is 2. The number of amides is 3. The van der Waals surface area contributed by atoms with Crippen molar-refractivity contribution in [1.29, 1.82) is 0 Å². The molecule has 2 aromatic rings. The summed E-state index contributed by atoms with van der Waals surface area (Å²) in [5, 5.41) is 8.89. The van der Waals surface area contributed by atoms with Crippen LogP contribution in [-0.4, -0.2) is 11.9 Å². The molecule has 0 fully saturated rings. The van der Waals surface area contributed by atoms with Gasteiger partial charge in [-0.05, 0) is 35.7 Å². The Morgan fingerprint density at radius 3 is 2.59 bits per heavy atom. The Morgan fingerprint density at radius 2 is 1.85 bits per heavy atom. The van der Waals surface area contributed by atoms with E-state index in [1.165, 1.54) is 0 Å². The van der Waals surface area contributed by atoms with Crippen molar-refractivity contribution < 1.29 is 9.59 Å². The highest BCUT2D eigenvalue weighted by Gasteiger charge is 2.09. The number of hydrogen-bond donors (Lipinski definition) is 3. The predicted molar refractivity (Wildman–Crippen MR) is 111 cm³/mol. The largest absolute Gasteiger partial charge is 0.334 e. The second kappa shape index (κ2) is 10.6. The van der Waals surface area contributed by atoms with E-state index in [-0.39, 0.29) is 11.9 Å². The van der Waals surface area contributed by atoms with Gasteiger partial charge in [-0.3, -0.25) is 4.79 Å². The number of para-hydroxylation sites is 1. The lowest BCUT2D eigenvalue weighted by atomic mass is 10.0. The van der Waals surface area contributed by atoms with Gasteiger partial charge in [0.1, 0.15) is 0 Å². The molecular formula is C21H26ClN3O2. The Labute approximate surface area is 165 Å². The predicted octanol–water partition coefficient (Wildman–Crippen LogP) is 5.43. The minimum atomic E-state index is -0.342. The zero-order chi connectivity index (χ0) is 19.6. The van der Waals surface area contributed by atoms with Crippen molar-refractivity contribution in [1.82, 2.24) is 5.32 Å². The van der Waals surface area contributed by atoms with E-state index in [4.69, 9.17) is 11.6 Å². The first-order chi connectivity index (χ1) is 13.0. The maximum absolute atomic E-state index is 12.1. The molecule has 1 atom stereocenters. The van der Waals surface area contributed by atoms with E-state index in [1.807, 2.05) is 24.3 Å². The van der Waals surface area contributed by atoms with Gasteiger partial charge in [-0.25, -0.2) is 4.79 Å². The van der Waals surface area contributed by atoms with E-state index in [9.17, 15) is 9.59 Å². The van der Waals surface area contributed by atoms with Crippen LogP contribution in [-0.2, 0) is 11.3 Å². The van der Waals surface area contributed by atoms with Crippen molar-refractivity contribution in [3.8, 4) is 0 Å². The molecule has 0 bridgehead atoms. The smallest absolute Gasteiger partial charge is 0.319 e. The standard InChI is InChI=1S/C21H26ClN3O2/c1-3-7-15(2)12-20(26)24-17-9-6-8-16(13-17)14-23-21(27)25-19-11-5-4-10-18(19)22/h4-6,8-11,13,15H,3,7,12,14H2,1-2H3,(H,24,26)(H2,23,25,27). The summed E-state index contributed by atoms with van der Waals surface area (Å²) in [6.45, 7) is 4.54. The molecule has 2 rings (SSSR count). The minimum absolute atomic E-state index is 0.0116. The fourth-order valence-electron chi connectivity index (χ4n) is 2.79. The lowest BCUT2D eigenvalue weighted by molar-refractivity contribution is -0.117. The molecule has 0 aliphatic heterocycles. The first kappa shape index (κ1) is 20.8. The molecule has 5 nitrogen and oxygen atoms in total. The van der Waals surface area contributed by atoms with Crippen LogP contribution in [0.4, 0.5) is 16.2 Å². The van der Waals surface area contributed by atoms with Crippen LogP contribution in [0.1, 0.15) is 38.7 Å². The summed E-state index contributed by atoms with van der Waals surface area (Å²) in [4.78, 5) is 24.1. The van der Waals surface area contributed by atoms with Crippen molar-refractivity contribution in [2.75, 3.05) is 10.6 Å². The fraction of sp³-hybridized carbons (Fsp3) is 0.333. The van der Waals surface area contributed by atoms with Crippen LogP contribution in [0, 0.1) is 5.92 Å². The van der Waals surface area contributed by atoms with Crippen molar-refractivity contribution in [3.05, 3.63) is 59.1 Å². The summed E-state index contributed by atoms with van der Waals surface area (Å²) in [5.41, 5.74) is 2.18. The number of anilines is 2. The molecule has 0 aromatic heterocycles. The number of nitrogens with one attached hydrogen (secondary N) is 3. The number of benzene rings is 2. The molecular weight excluding hydrogens is 362 g/mol. The van der Waals surface area contributed by atoms with E-state index in [0.717, 1.165) is 24.1 Å². The number of urea groups is 1. The monoisotopic (exact) mass is 387 g/mol. The third-order valence-electron chi connectivity index (χ3n) is 4.10. The zero-order valence-corrected chi connectivity index (χ0v) is 16.5. The minimum Gasteiger partial charge on any atom is -0.334 e. The lowest BCUT2D eigenvalue weighted by Gasteiger charge is -2.12. The second-order valence-electron chi connectivity index (χ2n) is 6.63. The number of carbonyl (C=O) groups is 2. The average Bonchev–Trinajstić information content (AvgIpc) is 2.62. The van der Waals surface area contributed by atoms with E-state index in [1.54, 1.807) is 24.3 Å². The Bertz CT molecular complexity index is 780. The van der Waals surface area contributed by atoms with Crippen molar-refractivity contribution in [3.63, 3.8) is 0 Å². The van der Waals surface area contributed by atoms with Gasteiger partial charge in [0.2, 0.25) is 5.91 Å². The van der Waals surface area contributed by atoms with Gasteiger partial charge >= 0.3 is 6.03 Å². The molecule has 3 N–H and O–H groups in total. The molecule has 6 heteroatoms. The lowest BCUT2D eigenvalue weighted by Crippen LogP contribution is -2.28. The summed E-state index contributed by atoms with van der Waals surface area (Å²) in [7, 11) is 0. The maximum atomic E-state index is 12.1. The van der Waals surface area contributed by atoms with Crippen LogP contribution in [0.15, 0.2) is 48.5 Å². The van der Waals surface area contributed by atoms with Crippen LogP contribution in [0.2, 0.25) is 5.02 Å². The van der Waals surface area contributed by atoms with Crippen molar-refractivity contribution >= 4 is 34.9 Å². The van der Waals surface area contributed by atoms with E-state index >= 15 is 0 Å². The Hall–Kier alpha value is -2.53. The third kappa shape index (κ3) is 7.31. The Kier molecular flexibility index (Phi) is 8.14. The fourth-order valence-corrected chi connectivity index (χ4v) is 2.98. The van der Waals surface area contributed by atoms with Crippen LogP contribution in [0.5, 0.6) is 0 Å². The van der Waals surface area contributed by atoms with Crippen molar-refractivity contribution in [2.45, 2.75) is 39.7 Å². The number of halogens is 1. The first-order valence-electron chi connectivity index (χ1n) is 9.16. The van der Waals surface area contributed by atoms with Gasteiger partial charge in [-0.2, -0.15) is 0 Å². The molecule has 0 aliphatic rings. The SMILES string of the molecule is CCCC(C)CC(=O)Nc1cccc(CNC(=O)Nc2ccccc2Cl)c1. The Balaban J connectivity index is 1.85. The molecule has 0 saturated carbocycles. The first-order valence-corrected chi connectivity index (χ1v) is 9.54. The second-order valence-corrected chi connectivity index (χ2v) is 7.04.